The van der Waals surface area contributed by atoms with Crippen LogP contribution in [0.25, 0.3) is 0 Å². The molecular weight excluding hydrogens is 295 g/mol. The third-order valence-electron chi connectivity index (χ3n) is 3.94. The van der Waals surface area contributed by atoms with Crippen molar-refractivity contribution in [3.63, 3.8) is 0 Å². The van der Waals surface area contributed by atoms with Gasteiger partial charge in [0.1, 0.15) is 0 Å². The van der Waals surface area contributed by atoms with E-state index in [0.29, 0.717) is 0 Å². The Hall–Kier alpha value is -0.680. The predicted octanol–water partition coefficient (Wildman–Crippen LogP) is 5.36. The van der Waals surface area contributed by atoms with Crippen molar-refractivity contribution >= 4 is 11.8 Å². The Labute approximate surface area is 128 Å². The van der Waals surface area contributed by atoms with Crippen LogP contribution in [-0.4, -0.2) is 12.1 Å². The van der Waals surface area contributed by atoms with E-state index >= 15 is 0 Å². The molecule has 5 heteroatoms. The van der Waals surface area contributed by atoms with Crippen LogP contribution < -0.4 is 5.32 Å². The first kappa shape index (κ1) is 16.7. The summed E-state index contributed by atoms with van der Waals surface area (Å²) in [7, 11) is 0. The molecule has 1 aromatic carbocycles. The van der Waals surface area contributed by atoms with Crippen molar-refractivity contribution in [3.05, 3.63) is 29.8 Å². The first-order valence-corrected chi connectivity index (χ1v) is 8.40. The number of halogens is 3. The highest BCUT2D eigenvalue weighted by molar-refractivity contribution is 8.00. The first-order valence-electron chi connectivity index (χ1n) is 7.58. The van der Waals surface area contributed by atoms with Gasteiger partial charge in [0, 0.05) is 11.4 Å². The SMILES string of the molecule is FC(F)(F)Sc1ccc(CNCCC2CCCCC2)cc1. The van der Waals surface area contributed by atoms with E-state index in [2.05, 4.69) is 5.32 Å². The first-order chi connectivity index (χ1) is 10.0. The normalized spacial score (nSPS) is 17.1. The summed E-state index contributed by atoms with van der Waals surface area (Å²) in [5, 5.41) is 3.39. The summed E-state index contributed by atoms with van der Waals surface area (Å²) >= 11 is -0.0638. The molecule has 0 spiro atoms. The fourth-order valence-corrected chi connectivity index (χ4v) is 3.36. The second-order valence-corrected chi connectivity index (χ2v) is 6.80. The number of nitrogens with one attached hydrogen (secondary N) is 1. The molecule has 0 radical (unpaired) electrons. The van der Waals surface area contributed by atoms with E-state index in [1.54, 1.807) is 12.1 Å². The molecule has 0 aliphatic heterocycles. The van der Waals surface area contributed by atoms with Crippen LogP contribution in [0.1, 0.15) is 44.1 Å². The third-order valence-corrected chi connectivity index (χ3v) is 4.68. The second kappa shape index (κ2) is 8.08. The minimum atomic E-state index is -4.21. The summed E-state index contributed by atoms with van der Waals surface area (Å²) in [6, 6.07) is 6.61. The van der Waals surface area contributed by atoms with E-state index in [4.69, 9.17) is 0 Å². The summed E-state index contributed by atoms with van der Waals surface area (Å²) in [6.07, 6.45) is 8.02. The van der Waals surface area contributed by atoms with Crippen LogP contribution in [0.3, 0.4) is 0 Å². The van der Waals surface area contributed by atoms with Gasteiger partial charge in [0.15, 0.2) is 0 Å². The summed E-state index contributed by atoms with van der Waals surface area (Å²) in [4.78, 5) is 0.244. The molecule has 1 aromatic rings. The Kier molecular flexibility index (Phi) is 6.42. The molecule has 0 heterocycles. The van der Waals surface area contributed by atoms with Crippen LogP contribution in [0.2, 0.25) is 0 Å². The predicted molar refractivity (Wildman–Crippen MR) is 81.3 cm³/mol. The molecule has 0 unspecified atom stereocenters. The van der Waals surface area contributed by atoms with E-state index < -0.39 is 5.51 Å². The van der Waals surface area contributed by atoms with Gasteiger partial charge in [-0.3, -0.25) is 0 Å². The standard InChI is InChI=1S/C16H22F3NS/c17-16(18,19)21-15-8-6-14(7-9-15)12-20-11-10-13-4-2-1-3-5-13/h6-9,13,20H,1-5,10-12H2. The molecular formula is C16H22F3NS. The summed E-state index contributed by atoms with van der Waals surface area (Å²) < 4.78 is 36.7. The van der Waals surface area contributed by atoms with Crippen molar-refractivity contribution in [2.75, 3.05) is 6.54 Å². The highest BCUT2D eigenvalue weighted by atomic mass is 32.2. The van der Waals surface area contributed by atoms with Gasteiger partial charge in [0.05, 0.1) is 0 Å². The highest BCUT2D eigenvalue weighted by Gasteiger charge is 2.28. The average Bonchev–Trinajstić information content (AvgIpc) is 2.45. The third kappa shape index (κ3) is 6.74. The van der Waals surface area contributed by atoms with Crippen molar-refractivity contribution in [3.8, 4) is 0 Å². The maximum atomic E-state index is 12.2. The van der Waals surface area contributed by atoms with Gasteiger partial charge in [-0.15, -0.1) is 0 Å². The summed E-state index contributed by atoms with van der Waals surface area (Å²) in [5.74, 6) is 0.858. The maximum Gasteiger partial charge on any atom is 0.446 e. The quantitative estimate of drug-likeness (QED) is 0.560. The summed E-state index contributed by atoms with van der Waals surface area (Å²) in [6.45, 7) is 1.72. The van der Waals surface area contributed by atoms with Crippen LogP contribution in [0.4, 0.5) is 13.2 Å². The molecule has 2 rings (SSSR count). The molecule has 118 valence electrons. The van der Waals surface area contributed by atoms with Gasteiger partial charge in [0.25, 0.3) is 0 Å². The molecule has 1 aliphatic rings. The monoisotopic (exact) mass is 317 g/mol. The Morgan fingerprint density at radius 3 is 2.33 bits per heavy atom. The largest absolute Gasteiger partial charge is 0.446 e. The molecule has 1 aliphatic carbocycles. The lowest BCUT2D eigenvalue weighted by molar-refractivity contribution is -0.0328. The molecule has 0 bridgehead atoms. The van der Waals surface area contributed by atoms with Crippen LogP contribution in [-0.2, 0) is 6.54 Å². The molecule has 0 amide bonds. The Bertz CT molecular complexity index is 411. The number of hydrogen-bond acceptors (Lipinski definition) is 2. The molecule has 21 heavy (non-hydrogen) atoms. The molecule has 1 saturated carbocycles. The Morgan fingerprint density at radius 2 is 1.71 bits per heavy atom. The van der Waals surface area contributed by atoms with E-state index in [0.717, 1.165) is 24.6 Å². The highest BCUT2D eigenvalue weighted by Crippen LogP contribution is 2.36. The topological polar surface area (TPSA) is 12.0 Å². The average molecular weight is 317 g/mol. The maximum absolute atomic E-state index is 12.2. The molecule has 0 atom stereocenters. The van der Waals surface area contributed by atoms with Crippen molar-refractivity contribution < 1.29 is 13.2 Å². The van der Waals surface area contributed by atoms with Gasteiger partial charge in [-0.1, -0.05) is 44.2 Å². The minimum Gasteiger partial charge on any atom is -0.313 e. The molecule has 0 saturated heterocycles. The fourth-order valence-electron chi connectivity index (χ4n) is 2.82. The van der Waals surface area contributed by atoms with Gasteiger partial charge in [0.2, 0.25) is 0 Å². The van der Waals surface area contributed by atoms with Gasteiger partial charge in [-0.25, -0.2) is 0 Å². The van der Waals surface area contributed by atoms with E-state index in [1.165, 1.54) is 50.7 Å². The van der Waals surface area contributed by atoms with Crippen molar-refractivity contribution in [1.29, 1.82) is 0 Å². The van der Waals surface area contributed by atoms with Gasteiger partial charge >= 0.3 is 5.51 Å². The van der Waals surface area contributed by atoms with E-state index in [1.807, 2.05) is 0 Å². The smallest absolute Gasteiger partial charge is 0.313 e. The van der Waals surface area contributed by atoms with Gasteiger partial charge < -0.3 is 5.32 Å². The lowest BCUT2D eigenvalue weighted by Gasteiger charge is -2.21. The second-order valence-electron chi connectivity index (χ2n) is 5.66. The van der Waals surface area contributed by atoms with Crippen molar-refractivity contribution in [2.45, 2.75) is 55.5 Å². The summed E-state index contributed by atoms with van der Waals surface area (Å²) in [5.41, 5.74) is -3.18. The van der Waals surface area contributed by atoms with Crippen molar-refractivity contribution in [1.82, 2.24) is 5.32 Å². The van der Waals surface area contributed by atoms with Crippen LogP contribution >= 0.6 is 11.8 Å². The van der Waals surface area contributed by atoms with E-state index in [-0.39, 0.29) is 16.7 Å². The molecule has 1 fully saturated rings. The zero-order valence-electron chi connectivity index (χ0n) is 12.1. The van der Waals surface area contributed by atoms with Gasteiger partial charge in [-0.05, 0) is 48.3 Å². The zero-order valence-corrected chi connectivity index (χ0v) is 12.9. The van der Waals surface area contributed by atoms with Gasteiger partial charge in [-0.2, -0.15) is 13.2 Å². The molecule has 0 aromatic heterocycles. The lowest BCUT2D eigenvalue weighted by atomic mass is 9.87. The minimum absolute atomic E-state index is 0.0638. The number of rotatable bonds is 6. The van der Waals surface area contributed by atoms with Crippen LogP contribution in [0, 0.1) is 5.92 Å². The number of thioether (sulfide) groups is 1. The van der Waals surface area contributed by atoms with Crippen LogP contribution in [0.5, 0.6) is 0 Å². The Balaban J connectivity index is 1.66. The number of hydrogen-bond donors (Lipinski definition) is 1. The number of benzene rings is 1. The molecule has 1 nitrogen and oxygen atoms in total. The Morgan fingerprint density at radius 1 is 1.05 bits per heavy atom. The number of alkyl halides is 3. The van der Waals surface area contributed by atoms with E-state index in [9.17, 15) is 13.2 Å². The zero-order chi connectivity index (χ0) is 15.1. The molecule has 1 N–H and O–H groups in total. The van der Waals surface area contributed by atoms with Crippen molar-refractivity contribution in [2.24, 2.45) is 5.92 Å². The lowest BCUT2D eigenvalue weighted by Crippen LogP contribution is -2.19. The fraction of sp³-hybridized carbons (Fsp3) is 0.625. The van der Waals surface area contributed by atoms with Crippen LogP contribution in [0.15, 0.2) is 29.2 Å².